The van der Waals surface area contributed by atoms with E-state index in [1.54, 1.807) is 0 Å². The number of rotatable bonds is 3. The van der Waals surface area contributed by atoms with Crippen molar-refractivity contribution in [2.24, 2.45) is 5.92 Å². The maximum absolute atomic E-state index is 5.89. The van der Waals surface area contributed by atoms with Gasteiger partial charge in [0.25, 0.3) is 0 Å². The first kappa shape index (κ1) is 10.4. The topological polar surface area (TPSA) is 52.0 Å². The van der Waals surface area contributed by atoms with E-state index in [4.69, 9.17) is 10.3 Å². The Morgan fingerprint density at radius 2 is 2.24 bits per heavy atom. The standard InChI is InChI=1S/C14H16N2O/c1-9-3-2-4-11(7-9)13-12(8-10-5-6-10)16-17-14(13)15/h2-4,7,10H,5-6,8,15H2,1H3. The second kappa shape index (κ2) is 3.91. The van der Waals surface area contributed by atoms with Crippen LogP contribution in [0, 0.1) is 12.8 Å². The first-order valence-corrected chi connectivity index (χ1v) is 6.05. The van der Waals surface area contributed by atoms with Gasteiger partial charge in [-0.15, -0.1) is 0 Å². The van der Waals surface area contributed by atoms with Gasteiger partial charge in [0.05, 0.1) is 11.3 Å². The molecule has 88 valence electrons. The minimum atomic E-state index is 0.436. The molecule has 1 fully saturated rings. The molecule has 1 heterocycles. The van der Waals surface area contributed by atoms with Gasteiger partial charge in [-0.25, -0.2) is 0 Å². The van der Waals surface area contributed by atoms with E-state index in [0.717, 1.165) is 29.2 Å². The number of nitrogen functional groups attached to an aromatic ring is 1. The summed E-state index contributed by atoms with van der Waals surface area (Å²) in [5.41, 5.74) is 10.2. The predicted octanol–water partition coefficient (Wildman–Crippen LogP) is 3.18. The molecule has 3 nitrogen and oxygen atoms in total. The van der Waals surface area contributed by atoms with Gasteiger partial charge < -0.3 is 10.3 Å². The smallest absolute Gasteiger partial charge is 0.230 e. The minimum Gasteiger partial charge on any atom is -0.367 e. The highest BCUT2D eigenvalue weighted by atomic mass is 16.5. The van der Waals surface area contributed by atoms with E-state index in [9.17, 15) is 0 Å². The molecule has 0 unspecified atom stereocenters. The molecule has 1 aromatic heterocycles. The van der Waals surface area contributed by atoms with Crippen LogP contribution in [-0.4, -0.2) is 5.16 Å². The fourth-order valence-corrected chi connectivity index (χ4v) is 2.18. The normalized spacial score (nSPS) is 15.1. The van der Waals surface area contributed by atoms with Crippen molar-refractivity contribution in [1.29, 1.82) is 0 Å². The van der Waals surface area contributed by atoms with Crippen molar-refractivity contribution in [2.75, 3.05) is 5.73 Å². The van der Waals surface area contributed by atoms with Crippen molar-refractivity contribution in [3.63, 3.8) is 0 Å². The molecule has 1 aliphatic carbocycles. The Labute approximate surface area is 101 Å². The zero-order chi connectivity index (χ0) is 11.8. The first-order chi connectivity index (χ1) is 8.24. The lowest BCUT2D eigenvalue weighted by atomic mass is 10.0. The Morgan fingerprint density at radius 1 is 1.41 bits per heavy atom. The maximum atomic E-state index is 5.89. The number of aryl methyl sites for hydroxylation is 1. The van der Waals surface area contributed by atoms with Crippen LogP contribution in [0.1, 0.15) is 24.1 Å². The number of aromatic nitrogens is 1. The Morgan fingerprint density at radius 3 is 2.94 bits per heavy atom. The molecule has 1 aliphatic rings. The largest absolute Gasteiger partial charge is 0.367 e. The summed E-state index contributed by atoms with van der Waals surface area (Å²) in [6.07, 6.45) is 3.60. The molecular formula is C14H16N2O. The van der Waals surface area contributed by atoms with Crippen LogP contribution in [0.5, 0.6) is 0 Å². The first-order valence-electron chi connectivity index (χ1n) is 6.05. The van der Waals surface area contributed by atoms with Gasteiger partial charge in [-0.05, 0) is 37.7 Å². The van der Waals surface area contributed by atoms with E-state index in [1.165, 1.54) is 18.4 Å². The van der Waals surface area contributed by atoms with Crippen LogP contribution < -0.4 is 5.73 Å². The molecule has 0 amide bonds. The lowest BCUT2D eigenvalue weighted by molar-refractivity contribution is 0.426. The van der Waals surface area contributed by atoms with Crippen molar-refractivity contribution < 1.29 is 4.52 Å². The van der Waals surface area contributed by atoms with Crippen molar-refractivity contribution in [3.8, 4) is 11.1 Å². The van der Waals surface area contributed by atoms with Gasteiger partial charge in [-0.1, -0.05) is 35.0 Å². The lowest BCUT2D eigenvalue weighted by Crippen LogP contribution is -1.93. The third-order valence-electron chi connectivity index (χ3n) is 3.27. The third kappa shape index (κ3) is 2.05. The zero-order valence-electron chi connectivity index (χ0n) is 9.94. The van der Waals surface area contributed by atoms with E-state index >= 15 is 0 Å². The number of benzene rings is 1. The maximum Gasteiger partial charge on any atom is 0.230 e. The number of nitrogens with two attached hydrogens (primary N) is 1. The lowest BCUT2D eigenvalue weighted by Gasteiger charge is -2.03. The number of anilines is 1. The highest BCUT2D eigenvalue weighted by Gasteiger charge is 2.26. The number of hydrogen-bond donors (Lipinski definition) is 1. The van der Waals surface area contributed by atoms with E-state index < -0.39 is 0 Å². The van der Waals surface area contributed by atoms with Crippen LogP contribution in [0.3, 0.4) is 0 Å². The number of hydrogen-bond acceptors (Lipinski definition) is 3. The molecule has 2 aromatic rings. The third-order valence-corrected chi connectivity index (χ3v) is 3.27. The Hall–Kier alpha value is -1.77. The molecule has 1 aromatic carbocycles. The van der Waals surface area contributed by atoms with Gasteiger partial charge >= 0.3 is 0 Å². The van der Waals surface area contributed by atoms with Crippen molar-refractivity contribution >= 4 is 5.88 Å². The van der Waals surface area contributed by atoms with Crippen molar-refractivity contribution in [1.82, 2.24) is 5.16 Å². The van der Waals surface area contributed by atoms with E-state index in [-0.39, 0.29) is 0 Å². The minimum absolute atomic E-state index is 0.436. The quantitative estimate of drug-likeness (QED) is 0.877. The second-order valence-corrected chi connectivity index (χ2v) is 4.89. The van der Waals surface area contributed by atoms with Crippen molar-refractivity contribution in [2.45, 2.75) is 26.2 Å². The summed E-state index contributed by atoms with van der Waals surface area (Å²) < 4.78 is 5.15. The molecule has 17 heavy (non-hydrogen) atoms. The summed E-state index contributed by atoms with van der Waals surface area (Å²) in [7, 11) is 0. The second-order valence-electron chi connectivity index (χ2n) is 4.89. The van der Waals surface area contributed by atoms with Crippen LogP contribution in [0.2, 0.25) is 0 Å². The molecule has 3 heteroatoms. The fraction of sp³-hybridized carbons (Fsp3) is 0.357. The highest BCUT2D eigenvalue weighted by molar-refractivity contribution is 5.75. The summed E-state index contributed by atoms with van der Waals surface area (Å²) in [4.78, 5) is 0. The highest BCUT2D eigenvalue weighted by Crippen LogP contribution is 2.37. The van der Waals surface area contributed by atoms with Gasteiger partial charge in [-0.3, -0.25) is 0 Å². The molecule has 1 saturated carbocycles. The summed E-state index contributed by atoms with van der Waals surface area (Å²) >= 11 is 0. The summed E-state index contributed by atoms with van der Waals surface area (Å²) in [5, 5.41) is 4.10. The molecule has 0 spiro atoms. The molecule has 0 saturated heterocycles. The summed E-state index contributed by atoms with van der Waals surface area (Å²) in [5.74, 6) is 1.22. The van der Waals surface area contributed by atoms with Crippen LogP contribution in [0.25, 0.3) is 11.1 Å². The van der Waals surface area contributed by atoms with Crippen molar-refractivity contribution in [3.05, 3.63) is 35.5 Å². The van der Waals surface area contributed by atoms with Crippen LogP contribution >= 0.6 is 0 Å². The summed E-state index contributed by atoms with van der Waals surface area (Å²) in [6.45, 7) is 2.08. The van der Waals surface area contributed by atoms with E-state index in [1.807, 2.05) is 6.07 Å². The van der Waals surface area contributed by atoms with Gasteiger partial charge in [0.1, 0.15) is 0 Å². The molecule has 0 bridgehead atoms. The molecule has 0 radical (unpaired) electrons. The predicted molar refractivity (Wildman–Crippen MR) is 67.5 cm³/mol. The Bertz CT molecular complexity index is 541. The Balaban J connectivity index is 2.02. The Kier molecular flexibility index (Phi) is 2.39. The molecular weight excluding hydrogens is 212 g/mol. The molecule has 0 atom stereocenters. The van der Waals surface area contributed by atoms with Gasteiger partial charge in [0.2, 0.25) is 5.88 Å². The molecule has 3 rings (SSSR count). The number of nitrogens with zero attached hydrogens (tertiary/aromatic N) is 1. The van der Waals surface area contributed by atoms with E-state index in [0.29, 0.717) is 5.88 Å². The van der Waals surface area contributed by atoms with Crippen LogP contribution in [-0.2, 0) is 6.42 Å². The average molecular weight is 228 g/mol. The summed E-state index contributed by atoms with van der Waals surface area (Å²) in [6, 6.07) is 8.30. The molecule has 0 aliphatic heterocycles. The van der Waals surface area contributed by atoms with Gasteiger partial charge in [-0.2, -0.15) is 0 Å². The van der Waals surface area contributed by atoms with Gasteiger partial charge in [0, 0.05) is 0 Å². The molecule has 2 N–H and O–H groups in total. The van der Waals surface area contributed by atoms with Gasteiger partial charge in [0.15, 0.2) is 0 Å². The monoisotopic (exact) mass is 228 g/mol. The SMILES string of the molecule is Cc1cccc(-c2c(CC3CC3)noc2N)c1. The zero-order valence-corrected chi connectivity index (χ0v) is 9.94. The van der Waals surface area contributed by atoms with E-state index in [2.05, 4.69) is 30.3 Å². The average Bonchev–Trinajstić information content (AvgIpc) is 3.03. The van der Waals surface area contributed by atoms with Crippen LogP contribution in [0.4, 0.5) is 5.88 Å². The van der Waals surface area contributed by atoms with Crippen LogP contribution in [0.15, 0.2) is 28.8 Å². The fourth-order valence-electron chi connectivity index (χ4n) is 2.18.